The van der Waals surface area contributed by atoms with E-state index in [4.69, 9.17) is 0 Å². The van der Waals surface area contributed by atoms with Crippen molar-refractivity contribution in [1.82, 2.24) is 4.90 Å². The highest BCUT2D eigenvalue weighted by atomic mass is 32.2. The molecule has 0 aromatic carbocycles. The van der Waals surface area contributed by atoms with Gasteiger partial charge >= 0.3 is 0 Å². The molecule has 0 saturated carbocycles. The molecular formula is C11H21NO2SSi. The summed E-state index contributed by atoms with van der Waals surface area (Å²) in [6.45, 7) is 9.94. The minimum absolute atomic E-state index is 0.106. The largest absolute Gasteiger partial charge is 0.288 e. The van der Waals surface area contributed by atoms with Crippen LogP contribution < -0.4 is 0 Å². The van der Waals surface area contributed by atoms with Crippen molar-refractivity contribution in [2.75, 3.05) is 24.6 Å². The molecule has 0 bridgehead atoms. The van der Waals surface area contributed by atoms with Gasteiger partial charge in [0.1, 0.15) is 8.07 Å². The van der Waals surface area contributed by atoms with Crippen LogP contribution in [0.4, 0.5) is 0 Å². The van der Waals surface area contributed by atoms with Gasteiger partial charge < -0.3 is 0 Å². The number of hydrogen-bond acceptors (Lipinski definition) is 3. The van der Waals surface area contributed by atoms with Crippen molar-refractivity contribution in [2.45, 2.75) is 32.6 Å². The van der Waals surface area contributed by atoms with Crippen molar-refractivity contribution in [2.24, 2.45) is 0 Å². The van der Waals surface area contributed by atoms with E-state index in [2.05, 4.69) is 36.0 Å². The van der Waals surface area contributed by atoms with Gasteiger partial charge in [0.05, 0.1) is 18.1 Å². The molecule has 0 aromatic rings. The van der Waals surface area contributed by atoms with Crippen LogP contribution in [-0.2, 0) is 9.84 Å². The molecular weight excluding hydrogens is 238 g/mol. The lowest BCUT2D eigenvalue weighted by Crippen LogP contribution is -2.46. The first-order chi connectivity index (χ1) is 7.20. The molecule has 1 fully saturated rings. The lowest BCUT2D eigenvalue weighted by atomic mass is 10.3. The molecule has 1 aliphatic rings. The second-order valence-electron chi connectivity index (χ2n) is 5.49. The van der Waals surface area contributed by atoms with E-state index in [0.717, 1.165) is 0 Å². The van der Waals surface area contributed by atoms with Crippen LogP contribution in [-0.4, -0.2) is 52.0 Å². The summed E-state index contributed by atoms with van der Waals surface area (Å²) in [5, 5.41) is 0. The van der Waals surface area contributed by atoms with Crippen LogP contribution in [0.2, 0.25) is 19.6 Å². The highest BCUT2D eigenvalue weighted by Gasteiger charge is 2.27. The van der Waals surface area contributed by atoms with Crippen LogP contribution in [0, 0.1) is 11.5 Å². The molecule has 0 aliphatic carbocycles. The maximum absolute atomic E-state index is 11.4. The summed E-state index contributed by atoms with van der Waals surface area (Å²) in [5.74, 6) is 3.76. The fourth-order valence-electron chi connectivity index (χ4n) is 1.67. The summed E-state index contributed by atoms with van der Waals surface area (Å²) in [6, 6.07) is 0.106. The molecule has 0 amide bonds. The molecule has 1 heterocycles. The first kappa shape index (κ1) is 13.8. The van der Waals surface area contributed by atoms with Crippen molar-refractivity contribution < 1.29 is 8.42 Å². The van der Waals surface area contributed by atoms with Crippen molar-refractivity contribution in [3.05, 3.63) is 0 Å². The Morgan fingerprint density at radius 1 is 1.38 bits per heavy atom. The molecule has 5 heteroatoms. The summed E-state index contributed by atoms with van der Waals surface area (Å²) in [5.41, 5.74) is 3.31. The van der Waals surface area contributed by atoms with Gasteiger partial charge in [-0.2, -0.15) is 0 Å². The Morgan fingerprint density at radius 3 is 2.50 bits per heavy atom. The van der Waals surface area contributed by atoms with E-state index in [0.29, 0.717) is 13.1 Å². The van der Waals surface area contributed by atoms with E-state index >= 15 is 0 Å². The molecule has 0 radical (unpaired) electrons. The van der Waals surface area contributed by atoms with Gasteiger partial charge in [-0.1, -0.05) is 25.6 Å². The molecule has 3 nitrogen and oxygen atoms in total. The van der Waals surface area contributed by atoms with Crippen LogP contribution >= 0.6 is 0 Å². The van der Waals surface area contributed by atoms with Crippen LogP contribution in [0.3, 0.4) is 0 Å². The average Bonchev–Trinajstić information content (AvgIpc) is 2.06. The number of hydrogen-bond donors (Lipinski definition) is 0. The molecule has 1 rings (SSSR count). The Hall–Kier alpha value is -0.313. The molecule has 1 aliphatic heterocycles. The van der Waals surface area contributed by atoms with Crippen molar-refractivity contribution in [1.29, 1.82) is 0 Å². The average molecular weight is 259 g/mol. The molecule has 0 spiro atoms. The summed E-state index contributed by atoms with van der Waals surface area (Å²) in [4.78, 5) is 2.16. The zero-order valence-electron chi connectivity index (χ0n) is 10.6. The summed E-state index contributed by atoms with van der Waals surface area (Å²) in [7, 11) is -4.10. The normalized spacial score (nSPS) is 25.9. The van der Waals surface area contributed by atoms with Gasteiger partial charge in [-0.3, -0.25) is 4.90 Å². The van der Waals surface area contributed by atoms with Crippen LogP contribution in [0.15, 0.2) is 0 Å². The SMILES string of the molecule is CC1CS(=O)(=O)CCN1CC#C[Si](C)(C)C. The first-order valence-corrected chi connectivity index (χ1v) is 11.0. The quantitative estimate of drug-likeness (QED) is 0.520. The highest BCUT2D eigenvalue weighted by Crippen LogP contribution is 2.10. The lowest BCUT2D eigenvalue weighted by molar-refractivity contribution is 0.255. The number of sulfone groups is 1. The predicted molar refractivity (Wildman–Crippen MR) is 70.8 cm³/mol. The van der Waals surface area contributed by atoms with Crippen LogP contribution in [0.5, 0.6) is 0 Å². The summed E-state index contributed by atoms with van der Waals surface area (Å²) >= 11 is 0. The maximum Gasteiger partial charge on any atom is 0.153 e. The smallest absolute Gasteiger partial charge is 0.153 e. The van der Waals surface area contributed by atoms with E-state index in [1.54, 1.807) is 0 Å². The molecule has 16 heavy (non-hydrogen) atoms. The van der Waals surface area contributed by atoms with Crippen LogP contribution in [0.25, 0.3) is 0 Å². The van der Waals surface area contributed by atoms with Gasteiger partial charge in [0, 0.05) is 12.6 Å². The second-order valence-corrected chi connectivity index (χ2v) is 12.5. The van der Waals surface area contributed by atoms with Crippen molar-refractivity contribution >= 4 is 17.9 Å². The zero-order valence-corrected chi connectivity index (χ0v) is 12.4. The van der Waals surface area contributed by atoms with Crippen molar-refractivity contribution in [3.63, 3.8) is 0 Å². The van der Waals surface area contributed by atoms with Gasteiger partial charge in [0.2, 0.25) is 0 Å². The fraction of sp³-hybridized carbons (Fsp3) is 0.818. The molecule has 1 unspecified atom stereocenters. The van der Waals surface area contributed by atoms with E-state index in [1.807, 2.05) is 6.92 Å². The van der Waals surface area contributed by atoms with Gasteiger partial charge in [-0.25, -0.2) is 8.42 Å². The van der Waals surface area contributed by atoms with Crippen molar-refractivity contribution in [3.8, 4) is 11.5 Å². The number of nitrogens with zero attached hydrogens (tertiary/aromatic N) is 1. The Morgan fingerprint density at radius 2 is 2.00 bits per heavy atom. The third-order valence-corrected chi connectivity index (χ3v) is 5.28. The third-order valence-electron chi connectivity index (χ3n) is 2.55. The van der Waals surface area contributed by atoms with E-state index < -0.39 is 17.9 Å². The summed E-state index contributed by atoms with van der Waals surface area (Å²) in [6.07, 6.45) is 0. The monoisotopic (exact) mass is 259 g/mol. The first-order valence-electron chi connectivity index (χ1n) is 5.64. The van der Waals surface area contributed by atoms with Crippen LogP contribution in [0.1, 0.15) is 6.92 Å². The topological polar surface area (TPSA) is 37.4 Å². The molecule has 92 valence electrons. The Balaban J connectivity index is 2.54. The van der Waals surface area contributed by atoms with Gasteiger partial charge in [0.25, 0.3) is 0 Å². The Labute approximate surface area is 100 Å². The standard InChI is InChI=1S/C11H21NO2SSi/c1-11-10-15(13,14)8-7-12(11)6-5-9-16(2,3)4/h11H,6-8,10H2,1-4H3. The minimum Gasteiger partial charge on any atom is -0.288 e. The summed E-state index contributed by atoms with van der Waals surface area (Å²) < 4.78 is 22.8. The molecule has 1 saturated heterocycles. The van der Waals surface area contributed by atoms with E-state index in [9.17, 15) is 8.42 Å². The molecule has 0 N–H and O–H groups in total. The van der Waals surface area contributed by atoms with Gasteiger partial charge in [0.15, 0.2) is 9.84 Å². The van der Waals surface area contributed by atoms with Gasteiger partial charge in [-0.05, 0) is 6.92 Å². The number of rotatable bonds is 1. The predicted octanol–water partition coefficient (Wildman–Crippen LogP) is 0.986. The van der Waals surface area contributed by atoms with E-state index in [1.165, 1.54) is 0 Å². The molecule has 0 aromatic heterocycles. The lowest BCUT2D eigenvalue weighted by Gasteiger charge is -2.31. The minimum atomic E-state index is -2.80. The molecule has 1 atom stereocenters. The maximum atomic E-state index is 11.4. The fourth-order valence-corrected chi connectivity index (χ4v) is 3.91. The zero-order chi connectivity index (χ0) is 12.4. The Bertz CT molecular complexity index is 400. The van der Waals surface area contributed by atoms with Gasteiger partial charge in [-0.15, -0.1) is 5.54 Å². The Kier molecular flexibility index (Phi) is 4.21. The second kappa shape index (κ2) is 4.90. The highest BCUT2D eigenvalue weighted by molar-refractivity contribution is 7.91. The van der Waals surface area contributed by atoms with E-state index in [-0.39, 0.29) is 17.5 Å². The third kappa shape index (κ3) is 4.68.